The van der Waals surface area contributed by atoms with Crippen molar-refractivity contribution in [1.29, 1.82) is 0 Å². The van der Waals surface area contributed by atoms with E-state index in [0.717, 1.165) is 25.2 Å². The third-order valence-corrected chi connectivity index (χ3v) is 4.29. The Morgan fingerprint density at radius 3 is 2.46 bits per heavy atom. The molecule has 1 aliphatic heterocycles. The summed E-state index contributed by atoms with van der Waals surface area (Å²) in [5.74, 6) is 0.591. The Hall–Kier alpha value is -1.21. The Labute approximate surface area is 149 Å². The van der Waals surface area contributed by atoms with Gasteiger partial charge in [-0.15, -0.1) is 12.4 Å². The van der Waals surface area contributed by atoms with Crippen molar-refractivity contribution in [3.8, 4) is 0 Å². The summed E-state index contributed by atoms with van der Waals surface area (Å²) in [6, 6.07) is 6.50. The molecule has 0 amide bonds. The van der Waals surface area contributed by atoms with Crippen LogP contribution in [0.15, 0.2) is 41.0 Å². The van der Waals surface area contributed by atoms with E-state index in [2.05, 4.69) is 10.2 Å². The standard InChI is InChI=1S/C16H16ClF3N2O.ClH/c17-13-4-3-11(16(18,19)20)10-12(13)15(14-2-1-9-23-14)22-7-5-21-6-8-22;/h1-4,9-10,15,21H,5-8H2;1H/t15-;/m0./s1. The Kier molecular flexibility index (Phi) is 6.20. The van der Waals surface area contributed by atoms with E-state index in [9.17, 15) is 13.2 Å². The van der Waals surface area contributed by atoms with Crippen LogP contribution in [0.1, 0.15) is 22.9 Å². The normalized spacial score (nSPS) is 17.3. The summed E-state index contributed by atoms with van der Waals surface area (Å²) in [6.07, 6.45) is -2.89. The number of nitrogens with zero attached hydrogens (tertiary/aromatic N) is 1. The summed E-state index contributed by atoms with van der Waals surface area (Å²) in [5, 5.41) is 3.53. The molecule has 0 aliphatic carbocycles. The van der Waals surface area contributed by atoms with Crippen LogP contribution < -0.4 is 5.32 Å². The fourth-order valence-electron chi connectivity index (χ4n) is 2.85. The average Bonchev–Trinajstić information content (AvgIpc) is 3.03. The predicted octanol–water partition coefficient (Wildman–Crippen LogP) is 4.37. The molecule has 24 heavy (non-hydrogen) atoms. The molecule has 1 aromatic heterocycles. The number of hydrogen-bond acceptors (Lipinski definition) is 3. The van der Waals surface area contributed by atoms with E-state index < -0.39 is 17.8 Å². The van der Waals surface area contributed by atoms with Crippen molar-refractivity contribution in [3.63, 3.8) is 0 Å². The van der Waals surface area contributed by atoms with Gasteiger partial charge in [0.15, 0.2) is 0 Å². The van der Waals surface area contributed by atoms with Gasteiger partial charge in [-0.25, -0.2) is 0 Å². The van der Waals surface area contributed by atoms with Gasteiger partial charge < -0.3 is 9.73 Å². The quantitative estimate of drug-likeness (QED) is 0.856. The molecule has 0 bridgehead atoms. The minimum Gasteiger partial charge on any atom is -0.467 e. The average molecular weight is 381 g/mol. The number of alkyl halides is 3. The van der Waals surface area contributed by atoms with Gasteiger partial charge in [-0.2, -0.15) is 13.2 Å². The first kappa shape index (κ1) is 19.1. The number of halogens is 5. The van der Waals surface area contributed by atoms with Crippen LogP contribution in [-0.2, 0) is 6.18 Å². The van der Waals surface area contributed by atoms with E-state index in [-0.39, 0.29) is 12.4 Å². The number of furan rings is 1. The number of rotatable bonds is 3. The minimum atomic E-state index is -4.41. The molecule has 1 aromatic carbocycles. The summed E-state index contributed by atoms with van der Waals surface area (Å²) in [7, 11) is 0. The molecule has 2 aromatic rings. The number of hydrogen-bond donors (Lipinski definition) is 1. The third kappa shape index (κ3) is 4.06. The molecule has 3 nitrogen and oxygen atoms in total. The molecule has 1 saturated heterocycles. The zero-order valence-corrected chi connectivity index (χ0v) is 14.2. The van der Waals surface area contributed by atoms with Crippen molar-refractivity contribution in [1.82, 2.24) is 10.2 Å². The van der Waals surface area contributed by atoms with E-state index in [1.54, 1.807) is 12.1 Å². The van der Waals surface area contributed by atoms with E-state index in [1.807, 2.05) is 0 Å². The fourth-order valence-corrected chi connectivity index (χ4v) is 3.07. The highest BCUT2D eigenvalue weighted by atomic mass is 35.5. The van der Waals surface area contributed by atoms with E-state index in [1.165, 1.54) is 12.3 Å². The van der Waals surface area contributed by atoms with Gasteiger partial charge in [-0.1, -0.05) is 11.6 Å². The van der Waals surface area contributed by atoms with Gasteiger partial charge in [-0.05, 0) is 35.9 Å². The van der Waals surface area contributed by atoms with Crippen LogP contribution in [0.4, 0.5) is 13.2 Å². The highest BCUT2D eigenvalue weighted by Crippen LogP contribution is 2.38. The van der Waals surface area contributed by atoms with Crippen molar-refractivity contribution < 1.29 is 17.6 Å². The van der Waals surface area contributed by atoms with Crippen LogP contribution in [0.25, 0.3) is 0 Å². The maximum absolute atomic E-state index is 13.1. The van der Waals surface area contributed by atoms with Crippen LogP contribution in [0.2, 0.25) is 5.02 Å². The number of benzene rings is 1. The lowest BCUT2D eigenvalue weighted by molar-refractivity contribution is -0.137. The lowest BCUT2D eigenvalue weighted by Gasteiger charge is -2.34. The molecule has 1 aliphatic rings. The largest absolute Gasteiger partial charge is 0.467 e. The first-order valence-corrected chi connectivity index (χ1v) is 7.69. The van der Waals surface area contributed by atoms with Crippen molar-refractivity contribution in [3.05, 3.63) is 58.5 Å². The first-order chi connectivity index (χ1) is 11.0. The third-order valence-electron chi connectivity index (χ3n) is 3.95. The van der Waals surface area contributed by atoms with Crippen LogP contribution >= 0.6 is 24.0 Å². The molecule has 1 fully saturated rings. The summed E-state index contributed by atoms with van der Waals surface area (Å²) in [6.45, 7) is 2.96. The Morgan fingerprint density at radius 1 is 1.17 bits per heavy atom. The van der Waals surface area contributed by atoms with E-state index in [4.69, 9.17) is 16.0 Å². The second kappa shape index (κ2) is 7.78. The Bertz CT molecular complexity index is 656. The summed E-state index contributed by atoms with van der Waals surface area (Å²) in [4.78, 5) is 2.08. The fraction of sp³-hybridized carbons (Fsp3) is 0.375. The Morgan fingerprint density at radius 2 is 1.88 bits per heavy atom. The van der Waals surface area contributed by atoms with E-state index in [0.29, 0.717) is 29.4 Å². The first-order valence-electron chi connectivity index (χ1n) is 7.31. The lowest BCUT2D eigenvalue weighted by atomic mass is 9.99. The van der Waals surface area contributed by atoms with Crippen molar-refractivity contribution >= 4 is 24.0 Å². The molecule has 0 saturated carbocycles. The molecule has 0 radical (unpaired) electrons. The summed E-state index contributed by atoms with van der Waals surface area (Å²) >= 11 is 6.23. The lowest BCUT2D eigenvalue weighted by Crippen LogP contribution is -2.45. The predicted molar refractivity (Wildman–Crippen MR) is 88.7 cm³/mol. The van der Waals surface area contributed by atoms with Crippen LogP contribution in [0, 0.1) is 0 Å². The van der Waals surface area contributed by atoms with Crippen LogP contribution in [-0.4, -0.2) is 31.1 Å². The number of nitrogens with one attached hydrogen (secondary N) is 1. The van der Waals surface area contributed by atoms with Gasteiger partial charge in [0.05, 0.1) is 17.9 Å². The molecule has 3 rings (SSSR count). The smallest absolute Gasteiger partial charge is 0.416 e. The molecule has 8 heteroatoms. The summed E-state index contributed by atoms with van der Waals surface area (Å²) < 4.78 is 44.7. The van der Waals surface area contributed by atoms with Gasteiger partial charge >= 0.3 is 6.18 Å². The van der Waals surface area contributed by atoms with Gasteiger partial charge in [-0.3, -0.25) is 4.90 Å². The molecule has 132 valence electrons. The maximum atomic E-state index is 13.1. The van der Waals surface area contributed by atoms with Gasteiger partial charge in [0, 0.05) is 31.2 Å². The van der Waals surface area contributed by atoms with Gasteiger partial charge in [0.1, 0.15) is 5.76 Å². The maximum Gasteiger partial charge on any atom is 0.416 e. The van der Waals surface area contributed by atoms with Gasteiger partial charge in [0.25, 0.3) is 0 Å². The van der Waals surface area contributed by atoms with Crippen molar-refractivity contribution in [2.45, 2.75) is 12.2 Å². The topological polar surface area (TPSA) is 28.4 Å². The second-order valence-corrected chi connectivity index (χ2v) is 5.85. The molecule has 1 atom stereocenters. The SMILES string of the molecule is Cl.FC(F)(F)c1ccc(Cl)c([C@@H](c2ccco2)N2CCNCC2)c1. The molecule has 0 spiro atoms. The zero-order valence-electron chi connectivity index (χ0n) is 12.6. The van der Waals surface area contributed by atoms with Gasteiger partial charge in [0.2, 0.25) is 0 Å². The van der Waals surface area contributed by atoms with Crippen LogP contribution in [0.3, 0.4) is 0 Å². The molecule has 0 unspecified atom stereocenters. The molecule has 1 N–H and O–H groups in total. The molecular formula is C16H17Cl2F3N2O. The van der Waals surface area contributed by atoms with Crippen molar-refractivity contribution in [2.24, 2.45) is 0 Å². The molecule has 2 heterocycles. The highest BCUT2D eigenvalue weighted by molar-refractivity contribution is 6.31. The zero-order chi connectivity index (χ0) is 16.4. The summed E-state index contributed by atoms with van der Waals surface area (Å²) in [5.41, 5.74) is -0.290. The monoisotopic (exact) mass is 380 g/mol. The molecular weight excluding hydrogens is 364 g/mol. The number of piperazine rings is 1. The van der Waals surface area contributed by atoms with E-state index >= 15 is 0 Å². The van der Waals surface area contributed by atoms with Crippen molar-refractivity contribution in [2.75, 3.05) is 26.2 Å². The Balaban J connectivity index is 0.00000208. The van der Waals surface area contributed by atoms with Crippen LogP contribution in [0.5, 0.6) is 0 Å². The highest BCUT2D eigenvalue weighted by Gasteiger charge is 2.34. The minimum absolute atomic E-state index is 0. The second-order valence-electron chi connectivity index (χ2n) is 5.44.